The first kappa shape index (κ1) is 14.0. The molecular formula is C13H18ClNO2. The Hall–Kier alpha value is -1.06. The molecule has 0 unspecified atom stereocenters. The molecule has 4 heteroatoms. The molecule has 0 atom stereocenters. The number of carbonyl (C=O) groups excluding carboxylic acids is 1. The first-order valence-electron chi connectivity index (χ1n) is 5.54. The Bertz CT molecular complexity index is 430. The van der Waals surface area contributed by atoms with Crippen LogP contribution in [0.1, 0.15) is 27.9 Å². The lowest BCUT2D eigenvalue weighted by Gasteiger charge is -2.14. The van der Waals surface area contributed by atoms with Crippen LogP contribution >= 0.6 is 11.6 Å². The Kier molecular flexibility index (Phi) is 4.97. The summed E-state index contributed by atoms with van der Waals surface area (Å²) in [5, 5.41) is 3.59. The van der Waals surface area contributed by atoms with Crippen LogP contribution in [0.15, 0.2) is 6.07 Å². The summed E-state index contributed by atoms with van der Waals surface area (Å²) < 4.78 is 5.26. The maximum absolute atomic E-state index is 12.1. The highest BCUT2D eigenvalue weighted by molar-refractivity contribution is 6.32. The lowest BCUT2D eigenvalue weighted by atomic mass is 9.99. The Morgan fingerprint density at radius 2 is 2.12 bits per heavy atom. The largest absolute Gasteiger partial charge is 0.496 e. The number of ether oxygens (including phenoxy) is 1. The summed E-state index contributed by atoms with van der Waals surface area (Å²) in [5.41, 5.74) is 2.31. The van der Waals surface area contributed by atoms with Crippen molar-refractivity contribution in [3.8, 4) is 5.75 Å². The molecule has 0 radical (unpaired) electrons. The number of ketones is 1. The monoisotopic (exact) mass is 255 g/mol. The van der Waals surface area contributed by atoms with Crippen molar-refractivity contribution < 1.29 is 9.53 Å². The minimum Gasteiger partial charge on any atom is -0.496 e. The van der Waals surface area contributed by atoms with Gasteiger partial charge in [0.05, 0.1) is 12.7 Å². The van der Waals surface area contributed by atoms with E-state index in [1.54, 1.807) is 7.11 Å². The summed E-state index contributed by atoms with van der Waals surface area (Å²) in [7, 11) is 3.39. The number of hydrogen-bond acceptors (Lipinski definition) is 3. The Morgan fingerprint density at radius 3 is 2.65 bits per heavy atom. The van der Waals surface area contributed by atoms with E-state index < -0.39 is 0 Å². The molecule has 1 aromatic rings. The Balaban J connectivity index is 3.21. The number of rotatable bonds is 5. The predicted octanol–water partition coefficient (Wildman–Crippen LogP) is 2.76. The number of Topliss-reactive ketones (excluding diaryl/α,β-unsaturated/α-hetero) is 1. The van der Waals surface area contributed by atoms with E-state index in [0.717, 1.165) is 11.1 Å². The first-order chi connectivity index (χ1) is 8.02. The molecule has 0 spiro atoms. The van der Waals surface area contributed by atoms with E-state index >= 15 is 0 Å². The maximum Gasteiger partial charge on any atom is 0.168 e. The molecule has 1 rings (SSSR count). The molecule has 0 aromatic heterocycles. The minimum atomic E-state index is 0.0515. The highest BCUT2D eigenvalue weighted by Crippen LogP contribution is 2.32. The predicted molar refractivity (Wildman–Crippen MR) is 70.4 cm³/mol. The van der Waals surface area contributed by atoms with Crippen LogP contribution in [0.2, 0.25) is 5.02 Å². The molecule has 0 saturated carbocycles. The molecule has 17 heavy (non-hydrogen) atoms. The summed E-state index contributed by atoms with van der Waals surface area (Å²) in [5.74, 6) is 0.654. The van der Waals surface area contributed by atoms with Gasteiger partial charge in [0.25, 0.3) is 0 Å². The van der Waals surface area contributed by atoms with Crippen LogP contribution in [0.5, 0.6) is 5.75 Å². The van der Waals surface area contributed by atoms with E-state index in [1.807, 2.05) is 27.0 Å². The minimum absolute atomic E-state index is 0.0515. The number of halogens is 1. The van der Waals surface area contributed by atoms with Gasteiger partial charge in [-0.15, -0.1) is 0 Å². The van der Waals surface area contributed by atoms with Crippen molar-refractivity contribution in [2.24, 2.45) is 0 Å². The SMILES string of the molecule is CNCCC(=O)c1c(OC)cc(C)c(Cl)c1C. The Morgan fingerprint density at radius 1 is 1.47 bits per heavy atom. The number of nitrogens with one attached hydrogen (secondary N) is 1. The van der Waals surface area contributed by atoms with Gasteiger partial charge in [-0.3, -0.25) is 4.79 Å². The van der Waals surface area contributed by atoms with Crippen LogP contribution in [0.25, 0.3) is 0 Å². The van der Waals surface area contributed by atoms with Gasteiger partial charge < -0.3 is 10.1 Å². The molecule has 0 bridgehead atoms. The average molecular weight is 256 g/mol. The van der Waals surface area contributed by atoms with Gasteiger partial charge in [0.1, 0.15) is 5.75 Å². The fraction of sp³-hybridized carbons (Fsp3) is 0.462. The topological polar surface area (TPSA) is 38.3 Å². The van der Waals surface area contributed by atoms with Gasteiger partial charge in [0.15, 0.2) is 5.78 Å². The van der Waals surface area contributed by atoms with Crippen molar-refractivity contribution in [1.29, 1.82) is 0 Å². The van der Waals surface area contributed by atoms with Crippen molar-refractivity contribution in [3.63, 3.8) is 0 Å². The van der Waals surface area contributed by atoms with Gasteiger partial charge >= 0.3 is 0 Å². The molecular weight excluding hydrogens is 238 g/mol. The van der Waals surface area contributed by atoms with E-state index in [0.29, 0.717) is 29.3 Å². The van der Waals surface area contributed by atoms with Crippen LogP contribution < -0.4 is 10.1 Å². The van der Waals surface area contributed by atoms with Crippen molar-refractivity contribution >= 4 is 17.4 Å². The summed E-state index contributed by atoms with van der Waals surface area (Å²) in [6.45, 7) is 4.40. The van der Waals surface area contributed by atoms with Crippen LogP contribution in [0.3, 0.4) is 0 Å². The van der Waals surface area contributed by atoms with E-state index in [4.69, 9.17) is 16.3 Å². The van der Waals surface area contributed by atoms with Gasteiger partial charge in [-0.25, -0.2) is 0 Å². The normalized spacial score (nSPS) is 10.4. The molecule has 1 aromatic carbocycles. The average Bonchev–Trinajstić information content (AvgIpc) is 2.32. The third-order valence-corrected chi connectivity index (χ3v) is 3.33. The number of carbonyl (C=O) groups is 1. The zero-order valence-corrected chi connectivity index (χ0v) is 11.4. The molecule has 94 valence electrons. The molecule has 0 aliphatic rings. The van der Waals surface area contributed by atoms with Gasteiger partial charge in [-0.1, -0.05) is 11.6 Å². The number of benzene rings is 1. The molecule has 0 aliphatic carbocycles. The molecule has 0 amide bonds. The lowest BCUT2D eigenvalue weighted by Crippen LogP contribution is -2.15. The van der Waals surface area contributed by atoms with Crippen molar-refractivity contribution in [3.05, 3.63) is 27.8 Å². The molecule has 0 aliphatic heterocycles. The number of hydrogen-bond donors (Lipinski definition) is 1. The highest BCUT2D eigenvalue weighted by Gasteiger charge is 2.18. The van der Waals surface area contributed by atoms with E-state index in [2.05, 4.69) is 5.32 Å². The van der Waals surface area contributed by atoms with Crippen molar-refractivity contribution in [2.75, 3.05) is 20.7 Å². The molecule has 3 nitrogen and oxygen atoms in total. The quantitative estimate of drug-likeness (QED) is 0.823. The molecule has 0 fully saturated rings. The van der Waals surface area contributed by atoms with Crippen molar-refractivity contribution in [1.82, 2.24) is 5.32 Å². The van der Waals surface area contributed by atoms with Crippen molar-refractivity contribution in [2.45, 2.75) is 20.3 Å². The standard InChI is InChI=1S/C13H18ClNO2/c1-8-7-11(17-4)12(9(2)13(8)14)10(16)5-6-15-3/h7,15H,5-6H2,1-4H3. The zero-order valence-electron chi connectivity index (χ0n) is 10.7. The number of methoxy groups -OCH3 is 1. The smallest absolute Gasteiger partial charge is 0.168 e. The summed E-state index contributed by atoms with van der Waals surface area (Å²) in [6.07, 6.45) is 0.438. The molecule has 0 saturated heterocycles. The summed E-state index contributed by atoms with van der Waals surface area (Å²) >= 11 is 6.17. The zero-order chi connectivity index (χ0) is 13.0. The third-order valence-electron chi connectivity index (χ3n) is 2.75. The number of aryl methyl sites for hydroxylation is 1. The van der Waals surface area contributed by atoms with Gasteiger partial charge in [-0.05, 0) is 38.1 Å². The molecule has 1 N–H and O–H groups in total. The highest BCUT2D eigenvalue weighted by atomic mass is 35.5. The van der Waals surface area contributed by atoms with Crippen LogP contribution in [-0.2, 0) is 0 Å². The maximum atomic E-state index is 12.1. The van der Waals surface area contributed by atoms with E-state index in [-0.39, 0.29) is 5.78 Å². The van der Waals surface area contributed by atoms with Crippen LogP contribution in [-0.4, -0.2) is 26.5 Å². The van der Waals surface area contributed by atoms with E-state index in [9.17, 15) is 4.79 Å². The van der Waals surface area contributed by atoms with Gasteiger partial charge in [0, 0.05) is 18.0 Å². The second kappa shape index (κ2) is 6.03. The first-order valence-corrected chi connectivity index (χ1v) is 5.92. The third kappa shape index (κ3) is 2.99. The Labute approximate surface area is 107 Å². The second-order valence-corrected chi connectivity index (χ2v) is 4.36. The lowest BCUT2D eigenvalue weighted by molar-refractivity contribution is 0.0979. The van der Waals surface area contributed by atoms with Gasteiger partial charge in [0.2, 0.25) is 0 Å². The van der Waals surface area contributed by atoms with E-state index in [1.165, 1.54) is 0 Å². The fourth-order valence-corrected chi connectivity index (χ4v) is 1.94. The van der Waals surface area contributed by atoms with Crippen LogP contribution in [0.4, 0.5) is 0 Å². The summed E-state index contributed by atoms with van der Waals surface area (Å²) in [4.78, 5) is 12.1. The summed E-state index contributed by atoms with van der Waals surface area (Å²) in [6, 6.07) is 1.81. The van der Waals surface area contributed by atoms with Crippen LogP contribution in [0, 0.1) is 13.8 Å². The van der Waals surface area contributed by atoms with Gasteiger partial charge in [-0.2, -0.15) is 0 Å². The molecule has 0 heterocycles. The fourth-order valence-electron chi connectivity index (χ4n) is 1.79. The second-order valence-electron chi connectivity index (χ2n) is 3.99.